The van der Waals surface area contributed by atoms with E-state index in [9.17, 15) is 9.59 Å². The van der Waals surface area contributed by atoms with Crippen molar-refractivity contribution in [1.29, 1.82) is 0 Å². The van der Waals surface area contributed by atoms with Gasteiger partial charge in [-0.05, 0) is 40.0 Å². The summed E-state index contributed by atoms with van der Waals surface area (Å²) < 4.78 is 22.0. The Balaban J connectivity index is 3.67. The summed E-state index contributed by atoms with van der Waals surface area (Å²) in [6.07, 6.45) is 2.00. The van der Waals surface area contributed by atoms with Crippen molar-refractivity contribution in [3.63, 3.8) is 0 Å². The van der Waals surface area contributed by atoms with E-state index in [0.29, 0.717) is 71.2 Å². The monoisotopic (exact) mass is 606 g/mol. The van der Waals surface area contributed by atoms with Crippen LogP contribution in [-0.2, 0) is 18.9 Å². The largest absolute Gasteiger partial charge is 0.450 e. The van der Waals surface area contributed by atoms with Gasteiger partial charge in [0, 0.05) is 42.9 Å². The smallest absolute Gasteiger partial charge is 0.407 e. The van der Waals surface area contributed by atoms with Gasteiger partial charge in [-0.25, -0.2) is 9.59 Å². The normalized spacial score (nSPS) is 12.1. The van der Waals surface area contributed by atoms with Crippen molar-refractivity contribution in [2.24, 2.45) is 5.92 Å². The number of alkyl carbamates (subject to hydrolysis) is 1. The first kappa shape index (κ1) is 38.6. The second-order valence-electron chi connectivity index (χ2n) is 10.3. The van der Waals surface area contributed by atoms with Gasteiger partial charge in [0.15, 0.2) is 0 Å². The number of unbranched alkanes of at least 4 members (excludes halogenated alkanes) is 1. The second-order valence-corrected chi connectivity index (χ2v) is 13.5. The van der Waals surface area contributed by atoms with Crippen LogP contribution >= 0.6 is 21.6 Å². The predicted molar refractivity (Wildman–Crippen MR) is 167 cm³/mol. The van der Waals surface area contributed by atoms with Gasteiger partial charge < -0.3 is 40.2 Å². The molecule has 0 spiro atoms. The topological polar surface area (TPSA) is 119 Å². The third kappa shape index (κ3) is 28.2. The number of rotatable bonds is 23. The molecule has 3 amide bonds. The molecule has 0 bridgehead atoms. The molecule has 0 saturated carbocycles. The van der Waals surface area contributed by atoms with Gasteiger partial charge in [-0.2, -0.15) is 0 Å². The molecule has 0 aliphatic heterocycles. The van der Waals surface area contributed by atoms with Crippen LogP contribution in [-0.4, -0.2) is 94.2 Å². The zero-order valence-electron chi connectivity index (χ0n) is 25.7. The molecule has 0 aromatic heterocycles. The van der Waals surface area contributed by atoms with Crippen molar-refractivity contribution in [2.45, 2.75) is 84.0 Å². The van der Waals surface area contributed by atoms with E-state index in [1.54, 1.807) is 21.6 Å². The molecular weight excluding hydrogens is 552 g/mol. The second kappa shape index (κ2) is 25.4. The lowest BCUT2D eigenvalue weighted by atomic mass is 10.1. The minimum atomic E-state index is -0.434. The Hall–Kier alpha value is -1.36. The average Bonchev–Trinajstić information content (AvgIpc) is 2.88. The molecular formula is C28H54N4O6S2. The lowest BCUT2D eigenvalue weighted by Gasteiger charge is -2.24. The summed E-state index contributed by atoms with van der Waals surface area (Å²) in [6, 6.07) is 0.260. The fourth-order valence-electron chi connectivity index (χ4n) is 2.80. The van der Waals surface area contributed by atoms with Gasteiger partial charge in [-0.15, -0.1) is 0 Å². The zero-order chi connectivity index (χ0) is 30.1. The number of carbonyl (C=O) groups excluding carboxylic acids is 2. The fraction of sp³-hybridized carbons (Fsp3) is 0.857. The van der Waals surface area contributed by atoms with Crippen LogP contribution in [0.5, 0.6) is 0 Å². The van der Waals surface area contributed by atoms with Crippen molar-refractivity contribution >= 4 is 33.7 Å². The van der Waals surface area contributed by atoms with E-state index in [1.165, 1.54) is 0 Å². The molecule has 4 N–H and O–H groups in total. The first-order valence-electron chi connectivity index (χ1n) is 14.3. The number of ether oxygens (including phenoxy) is 4. The molecule has 0 aliphatic rings. The Kier molecular flexibility index (Phi) is 24.5. The number of hydrogen-bond donors (Lipinski definition) is 4. The summed E-state index contributed by atoms with van der Waals surface area (Å²) in [4.78, 5) is 23.6. The fourth-order valence-corrected chi connectivity index (χ4v) is 5.11. The number of nitrogens with one attached hydrogen (secondary N) is 4. The molecule has 40 heavy (non-hydrogen) atoms. The Morgan fingerprint density at radius 2 is 1.52 bits per heavy atom. The predicted octanol–water partition coefficient (Wildman–Crippen LogP) is 4.40. The Labute approximate surface area is 250 Å². The van der Waals surface area contributed by atoms with Gasteiger partial charge in [0.1, 0.15) is 5.44 Å². The highest BCUT2D eigenvalue weighted by Gasteiger charge is 2.21. The summed E-state index contributed by atoms with van der Waals surface area (Å²) >= 11 is 0. The Morgan fingerprint density at radius 1 is 0.825 bits per heavy atom. The highest BCUT2D eigenvalue weighted by atomic mass is 33.1. The van der Waals surface area contributed by atoms with Gasteiger partial charge >= 0.3 is 12.1 Å². The van der Waals surface area contributed by atoms with Crippen molar-refractivity contribution in [3.8, 4) is 11.8 Å². The van der Waals surface area contributed by atoms with Crippen LogP contribution in [0, 0.1) is 17.8 Å². The number of urea groups is 1. The van der Waals surface area contributed by atoms with Crippen LogP contribution in [0.15, 0.2) is 0 Å². The van der Waals surface area contributed by atoms with E-state index in [-0.39, 0.29) is 16.2 Å². The SMILES string of the molecule is CC(C)C#CCNC(=O)NCCCCO[C@H](C)SSC(C)(C)CCOC(=O)NCCOCCOCCNC(C)C. The third-order valence-corrected chi connectivity index (χ3v) is 8.58. The molecule has 10 nitrogen and oxygen atoms in total. The number of hydrogen-bond acceptors (Lipinski definition) is 9. The van der Waals surface area contributed by atoms with Crippen molar-refractivity contribution in [1.82, 2.24) is 21.3 Å². The van der Waals surface area contributed by atoms with Crippen molar-refractivity contribution < 1.29 is 28.5 Å². The van der Waals surface area contributed by atoms with E-state index < -0.39 is 6.09 Å². The molecule has 0 saturated heterocycles. The van der Waals surface area contributed by atoms with Gasteiger partial charge in [0.2, 0.25) is 0 Å². The Bertz CT molecular complexity index is 717. The van der Waals surface area contributed by atoms with E-state index in [0.717, 1.165) is 25.8 Å². The maximum absolute atomic E-state index is 11.9. The summed E-state index contributed by atoms with van der Waals surface area (Å²) in [5, 5.41) is 11.5. The third-order valence-electron chi connectivity index (χ3n) is 4.97. The summed E-state index contributed by atoms with van der Waals surface area (Å²) in [5.41, 5.74) is 0.0337. The minimum absolute atomic E-state index is 0.0337. The highest BCUT2D eigenvalue weighted by molar-refractivity contribution is 8.77. The summed E-state index contributed by atoms with van der Waals surface area (Å²) in [7, 11) is 3.39. The zero-order valence-corrected chi connectivity index (χ0v) is 27.3. The van der Waals surface area contributed by atoms with E-state index in [4.69, 9.17) is 18.9 Å². The molecule has 0 radical (unpaired) electrons. The van der Waals surface area contributed by atoms with Crippen LogP contribution in [0.1, 0.15) is 67.7 Å². The minimum Gasteiger partial charge on any atom is -0.450 e. The molecule has 0 fully saturated rings. The molecule has 0 heterocycles. The molecule has 0 aromatic carbocycles. The molecule has 0 unspecified atom stereocenters. The quantitative estimate of drug-likeness (QED) is 0.0581. The summed E-state index contributed by atoms with van der Waals surface area (Å²) in [6.45, 7) is 19.7. The Morgan fingerprint density at radius 3 is 2.20 bits per heavy atom. The molecule has 12 heteroatoms. The standard InChI is InChI=1S/C28H54N4O6S2/c1-23(2)11-10-14-31-26(33)30-13-8-9-17-37-25(5)39-40-28(6,7)12-18-38-27(34)32-16-20-36-22-21-35-19-15-29-24(3)4/h23-25,29H,8-9,12-22H2,1-7H3,(H,32,34)(H2,30,31,33)/t25-/m0/s1. The highest BCUT2D eigenvalue weighted by Crippen LogP contribution is 2.40. The summed E-state index contributed by atoms with van der Waals surface area (Å²) in [5.74, 6) is 6.23. The maximum Gasteiger partial charge on any atom is 0.407 e. The maximum atomic E-state index is 11.9. The first-order chi connectivity index (χ1) is 19.0. The molecule has 1 atom stereocenters. The molecule has 0 aliphatic carbocycles. The van der Waals surface area contributed by atoms with Gasteiger partial charge in [0.05, 0.1) is 39.6 Å². The lowest BCUT2D eigenvalue weighted by Crippen LogP contribution is -2.36. The molecule has 234 valence electrons. The van der Waals surface area contributed by atoms with Gasteiger partial charge in [0.25, 0.3) is 0 Å². The number of carbonyl (C=O) groups is 2. The van der Waals surface area contributed by atoms with E-state index in [1.807, 2.05) is 20.8 Å². The molecule has 0 rings (SSSR count). The van der Waals surface area contributed by atoms with Gasteiger partial charge in [-0.3, -0.25) is 0 Å². The van der Waals surface area contributed by atoms with Crippen LogP contribution in [0.3, 0.4) is 0 Å². The van der Waals surface area contributed by atoms with Crippen molar-refractivity contribution in [3.05, 3.63) is 0 Å². The van der Waals surface area contributed by atoms with E-state index >= 15 is 0 Å². The van der Waals surface area contributed by atoms with Crippen LogP contribution in [0.25, 0.3) is 0 Å². The van der Waals surface area contributed by atoms with Crippen LogP contribution < -0.4 is 21.3 Å². The average molecular weight is 607 g/mol. The van der Waals surface area contributed by atoms with E-state index in [2.05, 4.69) is 60.8 Å². The van der Waals surface area contributed by atoms with Crippen LogP contribution in [0.4, 0.5) is 9.59 Å². The number of amides is 3. The van der Waals surface area contributed by atoms with Gasteiger partial charge in [-0.1, -0.05) is 61.1 Å². The van der Waals surface area contributed by atoms with Crippen molar-refractivity contribution in [2.75, 3.05) is 65.8 Å². The lowest BCUT2D eigenvalue weighted by molar-refractivity contribution is 0.0489. The first-order valence-corrected chi connectivity index (χ1v) is 16.5. The molecule has 0 aromatic rings. The van der Waals surface area contributed by atoms with Crippen LogP contribution in [0.2, 0.25) is 0 Å².